The minimum absolute atomic E-state index is 0.0856. The van der Waals surface area contributed by atoms with E-state index in [9.17, 15) is 13.2 Å². The van der Waals surface area contributed by atoms with Crippen LogP contribution in [0.3, 0.4) is 0 Å². The maximum atomic E-state index is 12.1. The molecule has 5 nitrogen and oxygen atoms in total. The lowest BCUT2D eigenvalue weighted by atomic mass is 10.1. The summed E-state index contributed by atoms with van der Waals surface area (Å²) in [4.78, 5) is 11.0. The Bertz CT molecular complexity index is 578. The van der Waals surface area contributed by atoms with Gasteiger partial charge in [-0.1, -0.05) is 13.8 Å². The number of hydrogen-bond acceptors (Lipinski definition) is 3. The Morgan fingerprint density at radius 2 is 1.84 bits per heavy atom. The van der Waals surface area contributed by atoms with Gasteiger partial charge in [-0.2, -0.15) is 0 Å². The van der Waals surface area contributed by atoms with Crippen molar-refractivity contribution in [3.05, 3.63) is 29.3 Å². The molecule has 0 radical (unpaired) electrons. The molecule has 1 unspecified atom stereocenters. The van der Waals surface area contributed by atoms with Crippen molar-refractivity contribution < 1.29 is 18.3 Å². The zero-order valence-corrected chi connectivity index (χ0v) is 12.3. The molecule has 0 saturated heterocycles. The van der Waals surface area contributed by atoms with Crippen molar-refractivity contribution in [2.75, 3.05) is 0 Å². The molecule has 0 spiro atoms. The zero-order valence-electron chi connectivity index (χ0n) is 11.5. The molecule has 19 heavy (non-hydrogen) atoms. The maximum Gasteiger partial charge on any atom is 0.335 e. The Hall–Kier alpha value is -1.40. The molecule has 0 bridgehead atoms. The van der Waals surface area contributed by atoms with E-state index in [1.807, 2.05) is 13.8 Å². The first kappa shape index (κ1) is 15.7. The van der Waals surface area contributed by atoms with Crippen molar-refractivity contribution in [3.63, 3.8) is 0 Å². The highest BCUT2D eigenvalue weighted by atomic mass is 32.2. The van der Waals surface area contributed by atoms with Crippen molar-refractivity contribution in [1.29, 1.82) is 0 Å². The van der Waals surface area contributed by atoms with Crippen LogP contribution in [0.25, 0.3) is 0 Å². The first-order valence-corrected chi connectivity index (χ1v) is 7.49. The number of sulfonamides is 1. The largest absolute Gasteiger partial charge is 0.478 e. The number of benzene rings is 1. The Labute approximate surface area is 113 Å². The molecule has 0 amide bonds. The topological polar surface area (TPSA) is 83.5 Å². The third-order valence-electron chi connectivity index (χ3n) is 3.08. The van der Waals surface area contributed by atoms with Crippen LogP contribution in [0.1, 0.15) is 36.7 Å². The Morgan fingerprint density at radius 1 is 1.26 bits per heavy atom. The van der Waals surface area contributed by atoms with E-state index in [2.05, 4.69) is 4.72 Å². The number of aryl methyl sites for hydroxylation is 1. The molecular weight excluding hydrogens is 266 g/mol. The van der Waals surface area contributed by atoms with Crippen LogP contribution in [0.15, 0.2) is 23.1 Å². The van der Waals surface area contributed by atoms with E-state index in [1.165, 1.54) is 18.2 Å². The third-order valence-corrected chi connectivity index (χ3v) is 4.64. The minimum Gasteiger partial charge on any atom is -0.478 e. The highest BCUT2D eigenvalue weighted by Gasteiger charge is 2.20. The van der Waals surface area contributed by atoms with Gasteiger partial charge in [-0.25, -0.2) is 17.9 Å². The molecule has 6 heteroatoms. The highest BCUT2D eigenvalue weighted by Crippen LogP contribution is 2.16. The normalized spacial score (nSPS) is 13.5. The SMILES string of the molecule is Cc1cc(S(=O)(=O)NC(C)C(C)C)ccc1C(=O)O. The minimum atomic E-state index is -3.61. The van der Waals surface area contributed by atoms with Crippen molar-refractivity contribution in [2.24, 2.45) is 5.92 Å². The fourth-order valence-corrected chi connectivity index (χ4v) is 2.97. The van der Waals surface area contributed by atoms with E-state index in [0.29, 0.717) is 5.56 Å². The first-order chi connectivity index (χ1) is 8.65. The Kier molecular flexibility index (Phi) is 4.70. The Balaban J connectivity index is 3.10. The maximum absolute atomic E-state index is 12.1. The fraction of sp³-hybridized carbons (Fsp3) is 0.462. The molecule has 1 rings (SSSR count). The smallest absolute Gasteiger partial charge is 0.335 e. The molecule has 0 aromatic heterocycles. The molecule has 0 aliphatic heterocycles. The van der Waals surface area contributed by atoms with Crippen LogP contribution in [-0.2, 0) is 10.0 Å². The van der Waals surface area contributed by atoms with Gasteiger partial charge in [0.15, 0.2) is 0 Å². The van der Waals surface area contributed by atoms with Gasteiger partial charge in [0.25, 0.3) is 0 Å². The van der Waals surface area contributed by atoms with Gasteiger partial charge in [0, 0.05) is 6.04 Å². The summed E-state index contributed by atoms with van der Waals surface area (Å²) in [6.07, 6.45) is 0. The van der Waals surface area contributed by atoms with Gasteiger partial charge in [-0.05, 0) is 43.5 Å². The van der Waals surface area contributed by atoms with E-state index in [4.69, 9.17) is 5.11 Å². The van der Waals surface area contributed by atoms with Crippen molar-refractivity contribution in [2.45, 2.75) is 38.6 Å². The number of aromatic carboxylic acids is 1. The number of carboxylic acid groups (broad SMARTS) is 1. The summed E-state index contributed by atoms with van der Waals surface area (Å²) in [5.74, 6) is -0.890. The summed E-state index contributed by atoms with van der Waals surface area (Å²) in [5, 5.41) is 8.91. The average Bonchev–Trinajstić information content (AvgIpc) is 2.27. The summed E-state index contributed by atoms with van der Waals surface area (Å²) < 4.78 is 26.8. The van der Waals surface area contributed by atoms with Crippen LogP contribution >= 0.6 is 0 Å². The standard InChI is InChI=1S/C13H19NO4S/c1-8(2)10(4)14-19(17,18)11-5-6-12(13(15)16)9(3)7-11/h5-8,10,14H,1-4H3,(H,15,16). The van der Waals surface area contributed by atoms with Crippen molar-refractivity contribution in [1.82, 2.24) is 4.72 Å². The molecule has 0 fully saturated rings. The van der Waals surface area contributed by atoms with Crippen LogP contribution in [0, 0.1) is 12.8 Å². The lowest BCUT2D eigenvalue weighted by Crippen LogP contribution is -2.36. The van der Waals surface area contributed by atoms with E-state index in [1.54, 1.807) is 13.8 Å². The monoisotopic (exact) mass is 285 g/mol. The van der Waals surface area contributed by atoms with Gasteiger partial charge in [-0.3, -0.25) is 0 Å². The van der Waals surface area contributed by atoms with Crippen LogP contribution in [0.4, 0.5) is 0 Å². The van der Waals surface area contributed by atoms with Crippen molar-refractivity contribution in [3.8, 4) is 0 Å². The van der Waals surface area contributed by atoms with E-state index in [0.717, 1.165) is 0 Å². The van der Waals surface area contributed by atoms with E-state index in [-0.39, 0.29) is 22.4 Å². The summed E-state index contributed by atoms with van der Waals surface area (Å²) in [5.41, 5.74) is 0.531. The van der Waals surface area contributed by atoms with Crippen LogP contribution < -0.4 is 4.72 Å². The van der Waals surface area contributed by atoms with E-state index < -0.39 is 16.0 Å². The molecular formula is C13H19NO4S. The third kappa shape index (κ3) is 3.78. The van der Waals surface area contributed by atoms with Crippen molar-refractivity contribution >= 4 is 16.0 Å². The van der Waals surface area contributed by atoms with Crippen LogP contribution in [-0.4, -0.2) is 25.5 Å². The zero-order chi connectivity index (χ0) is 14.8. The molecule has 0 aliphatic carbocycles. The second kappa shape index (κ2) is 5.71. The van der Waals surface area contributed by atoms with Crippen LogP contribution in [0.2, 0.25) is 0 Å². The predicted molar refractivity (Wildman–Crippen MR) is 72.8 cm³/mol. The average molecular weight is 285 g/mol. The second-order valence-electron chi connectivity index (χ2n) is 4.94. The Morgan fingerprint density at radius 3 is 2.26 bits per heavy atom. The van der Waals surface area contributed by atoms with Gasteiger partial charge >= 0.3 is 5.97 Å². The number of nitrogens with one attached hydrogen (secondary N) is 1. The molecule has 0 heterocycles. The molecule has 2 N–H and O–H groups in total. The molecule has 1 atom stereocenters. The number of carboxylic acids is 1. The van der Waals surface area contributed by atoms with E-state index >= 15 is 0 Å². The molecule has 1 aromatic carbocycles. The van der Waals surface area contributed by atoms with Gasteiger partial charge in [-0.15, -0.1) is 0 Å². The van der Waals surface area contributed by atoms with Gasteiger partial charge in [0.1, 0.15) is 0 Å². The van der Waals surface area contributed by atoms with Gasteiger partial charge < -0.3 is 5.11 Å². The highest BCUT2D eigenvalue weighted by molar-refractivity contribution is 7.89. The number of hydrogen-bond donors (Lipinski definition) is 2. The number of carbonyl (C=O) groups is 1. The van der Waals surface area contributed by atoms with Gasteiger partial charge in [0.2, 0.25) is 10.0 Å². The predicted octanol–water partition coefficient (Wildman–Crippen LogP) is 2.02. The summed E-state index contributed by atoms with van der Waals surface area (Å²) in [7, 11) is -3.61. The summed E-state index contributed by atoms with van der Waals surface area (Å²) >= 11 is 0. The fourth-order valence-electron chi connectivity index (χ4n) is 1.49. The molecule has 0 aliphatic rings. The lowest BCUT2D eigenvalue weighted by Gasteiger charge is -2.17. The summed E-state index contributed by atoms with van der Waals surface area (Å²) in [6, 6.07) is 3.81. The molecule has 1 aromatic rings. The first-order valence-electron chi connectivity index (χ1n) is 6.01. The number of rotatable bonds is 5. The lowest BCUT2D eigenvalue weighted by molar-refractivity contribution is 0.0696. The molecule has 0 saturated carbocycles. The molecule has 106 valence electrons. The van der Waals surface area contributed by atoms with Crippen LogP contribution in [0.5, 0.6) is 0 Å². The quantitative estimate of drug-likeness (QED) is 0.867. The second-order valence-corrected chi connectivity index (χ2v) is 6.65. The summed E-state index contributed by atoms with van der Waals surface area (Å²) in [6.45, 7) is 7.22. The van der Waals surface area contributed by atoms with Gasteiger partial charge in [0.05, 0.1) is 10.5 Å².